The number of para-hydroxylation sites is 1. The summed E-state index contributed by atoms with van der Waals surface area (Å²) in [5.74, 6) is 0. The van der Waals surface area contributed by atoms with E-state index in [9.17, 15) is 0 Å². The number of rotatable bonds is 0. The standard InChI is InChI=1S/C16H16N2/c1-12-6-7-14-10-17-11-18(16(14)8-12)9-13-4-2-3-5-15(13)17/h2-8H,9-11H2,1H3. The summed E-state index contributed by atoms with van der Waals surface area (Å²) in [6.07, 6.45) is 0. The Labute approximate surface area is 107 Å². The molecule has 0 aromatic heterocycles. The van der Waals surface area contributed by atoms with Crippen LogP contribution >= 0.6 is 0 Å². The third kappa shape index (κ3) is 1.35. The van der Waals surface area contributed by atoms with E-state index in [4.69, 9.17) is 0 Å². The van der Waals surface area contributed by atoms with Crippen molar-refractivity contribution in [1.82, 2.24) is 0 Å². The highest BCUT2D eigenvalue weighted by molar-refractivity contribution is 5.67. The molecule has 2 heteroatoms. The predicted molar refractivity (Wildman–Crippen MR) is 74.9 cm³/mol. The van der Waals surface area contributed by atoms with E-state index in [1.165, 1.54) is 28.1 Å². The minimum absolute atomic E-state index is 1.02. The minimum atomic E-state index is 1.02. The maximum atomic E-state index is 2.48. The Morgan fingerprint density at radius 3 is 2.44 bits per heavy atom. The monoisotopic (exact) mass is 236 g/mol. The van der Waals surface area contributed by atoms with Crippen molar-refractivity contribution in [2.24, 2.45) is 0 Å². The van der Waals surface area contributed by atoms with Crippen LogP contribution in [0.5, 0.6) is 0 Å². The molecule has 0 saturated carbocycles. The number of anilines is 2. The van der Waals surface area contributed by atoms with Gasteiger partial charge in [0.2, 0.25) is 0 Å². The molecule has 2 aliphatic heterocycles. The second-order valence-electron chi connectivity index (χ2n) is 5.30. The zero-order valence-corrected chi connectivity index (χ0v) is 10.6. The lowest BCUT2D eigenvalue weighted by Gasteiger charge is -2.44. The molecule has 0 aliphatic carbocycles. The molecule has 0 atom stereocenters. The van der Waals surface area contributed by atoms with Gasteiger partial charge in [-0.1, -0.05) is 30.3 Å². The Morgan fingerprint density at radius 2 is 1.56 bits per heavy atom. The molecular weight excluding hydrogens is 220 g/mol. The Bertz CT molecular complexity index is 618. The summed E-state index contributed by atoms with van der Waals surface area (Å²) in [5, 5.41) is 0. The second kappa shape index (κ2) is 3.52. The first-order valence-electron chi connectivity index (χ1n) is 6.48. The Balaban J connectivity index is 1.85. The average Bonchev–Trinajstić information content (AvgIpc) is 2.40. The predicted octanol–water partition coefficient (Wildman–Crippen LogP) is 3.29. The first kappa shape index (κ1) is 10.0. The number of benzene rings is 2. The van der Waals surface area contributed by atoms with E-state index in [-0.39, 0.29) is 0 Å². The maximum Gasteiger partial charge on any atom is 0.0910 e. The van der Waals surface area contributed by atoms with Crippen molar-refractivity contribution in [3.63, 3.8) is 0 Å². The molecule has 2 heterocycles. The largest absolute Gasteiger partial charge is 0.349 e. The topological polar surface area (TPSA) is 6.48 Å². The van der Waals surface area contributed by atoms with Crippen molar-refractivity contribution in [3.8, 4) is 0 Å². The smallest absolute Gasteiger partial charge is 0.0910 e. The highest BCUT2D eigenvalue weighted by atomic mass is 15.4. The van der Waals surface area contributed by atoms with Gasteiger partial charge in [0.1, 0.15) is 0 Å². The molecule has 2 aliphatic rings. The van der Waals surface area contributed by atoms with E-state index in [0.29, 0.717) is 0 Å². The van der Waals surface area contributed by atoms with Gasteiger partial charge in [0.25, 0.3) is 0 Å². The molecule has 0 unspecified atom stereocenters. The molecule has 2 nitrogen and oxygen atoms in total. The fraction of sp³-hybridized carbons (Fsp3) is 0.250. The summed E-state index contributed by atoms with van der Waals surface area (Å²) in [5.41, 5.74) is 7.05. The summed E-state index contributed by atoms with van der Waals surface area (Å²) < 4.78 is 0. The van der Waals surface area contributed by atoms with Crippen LogP contribution in [-0.2, 0) is 13.1 Å². The molecule has 18 heavy (non-hydrogen) atoms. The lowest BCUT2D eigenvalue weighted by molar-refractivity contribution is 0.650. The number of hydrogen-bond donors (Lipinski definition) is 0. The maximum absolute atomic E-state index is 2.48. The zero-order chi connectivity index (χ0) is 12.1. The van der Waals surface area contributed by atoms with Gasteiger partial charge >= 0.3 is 0 Å². The van der Waals surface area contributed by atoms with Crippen molar-refractivity contribution in [1.29, 1.82) is 0 Å². The van der Waals surface area contributed by atoms with Gasteiger partial charge < -0.3 is 9.80 Å². The van der Waals surface area contributed by atoms with Gasteiger partial charge in [0.05, 0.1) is 6.67 Å². The number of nitrogens with zero attached hydrogens (tertiary/aromatic N) is 2. The molecule has 0 N–H and O–H groups in total. The number of hydrogen-bond acceptors (Lipinski definition) is 2. The van der Waals surface area contributed by atoms with Crippen molar-refractivity contribution in [2.45, 2.75) is 20.0 Å². The molecule has 0 fully saturated rings. The third-order valence-corrected chi connectivity index (χ3v) is 3.98. The van der Waals surface area contributed by atoms with Crippen molar-refractivity contribution < 1.29 is 0 Å². The van der Waals surface area contributed by atoms with Gasteiger partial charge in [0, 0.05) is 24.5 Å². The van der Waals surface area contributed by atoms with Crippen molar-refractivity contribution >= 4 is 11.4 Å². The first-order chi connectivity index (χ1) is 8.81. The van der Waals surface area contributed by atoms with Gasteiger partial charge in [-0.05, 0) is 35.7 Å². The van der Waals surface area contributed by atoms with Crippen LogP contribution in [-0.4, -0.2) is 6.67 Å². The number of aryl methyl sites for hydroxylation is 1. The SMILES string of the molecule is Cc1ccc2c(c1)N1Cc3ccccc3N(C2)C1. The van der Waals surface area contributed by atoms with Crippen LogP contribution < -0.4 is 9.80 Å². The van der Waals surface area contributed by atoms with Crippen molar-refractivity contribution in [2.75, 3.05) is 16.5 Å². The molecule has 2 aromatic carbocycles. The van der Waals surface area contributed by atoms with E-state index in [2.05, 4.69) is 59.2 Å². The molecule has 0 spiro atoms. The molecule has 0 saturated heterocycles. The fourth-order valence-electron chi connectivity index (χ4n) is 3.10. The average molecular weight is 236 g/mol. The summed E-state index contributed by atoms with van der Waals surface area (Å²) in [6.45, 7) is 5.25. The minimum Gasteiger partial charge on any atom is -0.349 e. The third-order valence-electron chi connectivity index (χ3n) is 3.98. The van der Waals surface area contributed by atoms with Crippen LogP contribution in [0.1, 0.15) is 16.7 Å². The van der Waals surface area contributed by atoms with E-state index in [1.54, 1.807) is 0 Å². The van der Waals surface area contributed by atoms with Crippen LogP contribution in [0.2, 0.25) is 0 Å². The van der Waals surface area contributed by atoms with Crippen LogP contribution in [0, 0.1) is 6.92 Å². The lowest BCUT2D eigenvalue weighted by Crippen LogP contribution is -2.46. The molecule has 0 amide bonds. The van der Waals surface area contributed by atoms with E-state index >= 15 is 0 Å². The summed E-state index contributed by atoms with van der Waals surface area (Å²) in [7, 11) is 0. The Hall–Kier alpha value is -1.96. The Morgan fingerprint density at radius 1 is 0.833 bits per heavy atom. The highest BCUT2D eigenvalue weighted by Gasteiger charge is 2.28. The molecule has 90 valence electrons. The summed E-state index contributed by atoms with van der Waals surface area (Å²) >= 11 is 0. The molecule has 0 radical (unpaired) electrons. The van der Waals surface area contributed by atoms with Crippen LogP contribution in [0.3, 0.4) is 0 Å². The molecule has 4 rings (SSSR count). The molecule has 2 aromatic rings. The fourth-order valence-corrected chi connectivity index (χ4v) is 3.10. The van der Waals surface area contributed by atoms with Gasteiger partial charge in [-0.2, -0.15) is 0 Å². The van der Waals surface area contributed by atoms with E-state index in [1.807, 2.05) is 0 Å². The number of fused-ring (bicyclic) bond motifs is 6. The van der Waals surface area contributed by atoms with Crippen LogP contribution in [0.25, 0.3) is 0 Å². The summed E-state index contributed by atoms with van der Waals surface area (Å²) in [4.78, 5) is 4.95. The molecule has 2 bridgehead atoms. The van der Waals surface area contributed by atoms with Crippen LogP contribution in [0.15, 0.2) is 42.5 Å². The second-order valence-corrected chi connectivity index (χ2v) is 5.30. The normalized spacial score (nSPS) is 16.3. The van der Waals surface area contributed by atoms with Gasteiger partial charge in [-0.25, -0.2) is 0 Å². The highest BCUT2D eigenvalue weighted by Crippen LogP contribution is 2.37. The van der Waals surface area contributed by atoms with Gasteiger partial charge in [0.15, 0.2) is 0 Å². The molecular formula is C16H16N2. The lowest BCUT2D eigenvalue weighted by atomic mass is 10.0. The zero-order valence-electron chi connectivity index (χ0n) is 10.6. The van der Waals surface area contributed by atoms with Crippen molar-refractivity contribution in [3.05, 3.63) is 59.2 Å². The van der Waals surface area contributed by atoms with Crippen LogP contribution in [0.4, 0.5) is 11.4 Å². The quantitative estimate of drug-likeness (QED) is 0.692. The Kier molecular flexibility index (Phi) is 1.95. The van der Waals surface area contributed by atoms with Gasteiger partial charge in [-0.15, -0.1) is 0 Å². The first-order valence-corrected chi connectivity index (χ1v) is 6.48. The van der Waals surface area contributed by atoms with E-state index in [0.717, 1.165) is 19.8 Å². The summed E-state index contributed by atoms with van der Waals surface area (Å²) in [6, 6.07) is 15.6. The van der Waals surface area contributed by atoms with E-state index < -0.39 is 0 Å². The van der Waals surface area contributed by atoms with Gasteiger partial charge in [-0.3, -0.25) is 0 Å².